The lowest BCUT2D eigenvalue weighted by molar-refractivity contribution is -0.597. The zero-order valence-corrected chi connectivity index (χ0v) is 13.0. The molecule has 102 valence electrons. The van der Waals surface area contributed by atoms with E-state index in [0.717, 1.165) is 31.1 Å². The maximum Gasteiger partial charge on any atom is 0.351 e. The van der Waals surface area contributed by atoms with Gasteiger partial charge in [-0.05, 0) is 34.8 Å². The van der Waals surface area contributed by atoms with Gasteiger partial charge in [-0.15, -0.1) is 11.3 Å². The Balaban J connectivity index is 2.17. The van der Waals surface area contributed by atoms with E-state index in [1.165, 1.54) is 0 Å². The van der Waals surface area contributed by atoms with Gasteiger partial charge in [-0.25, -0.2) is 4.57 Å². The van der Waals surface area contributed by atoms with Crippen LogP contribution in [0.3, 0.4) is 0 Å². The Morgan fingerprint density at radius 1 is 0.905 bits per heavy atom. The molecule has 3 nitrogen and oxygen atoms in total. The number of aromatic nitrogens is 3. The van der Waals surface area contributed by atoms with Crippen molar-refractivity contribution < 1.29 is 4.57 Å². The zero-order chi connectivity index (χ0) is 14.4. The van der Waals surface area contributed by atoms with Crippen LogP contribution in [-0.4, -0.2) is 9.97 Å². The first-order chi connectivity index (χ1) is 10.2. The largest absolute Gasteiger partial charge is 0.351 e. The first-order valence-electron chi connectivity index (χ1n) is 6.25. The second-order valence-corrected chi connectivity index (χ2v) is 6.26. The summed E-state index contributed by atoms with van der Waals surface area (Å²) in [7, 11) is 0. The Morgan fingerprint density at radius 2 is 1.71 bits per heavy atom. The van der Waals surface area contributed by atoms with E-state index in [2.05, 4.69) is 9.97 Å². The predicted molar refractivity (Wildman–Crippen MR) is 86.5 cm³/mol. The molecule has 0 spiro atoms. The van der Waals surface area contributed by atoms with Gasteiger partial charge >= 0.3 is 11.1 Å². The zero-order valence-electron chi connectivity index (χ0n) is 10.6. The fourth-order valence-electron chi connectivity index (χ4n) is 2.30. The van der Waals surface area contributed by atoms with Crippen LogP contribution in [0.4, 0.5) is 0 Å². The average Bonchev–Trinajstić information content (AvgIpc) is 2.88. The molecule has 0 saturated heterocycles. The van der Waals surface area contributed by atoms with Gasteiger partial charge in [0.25, 0.3) is 0 Å². The predicted octanol–water partition coefficient (Wildman–Crippen LogP) is 4.43. The third-order valence-electron chi connectivity index (χ3n) is 3.21. The van der Waals surface area contributed by atoms with Crippen molar-refractivity contribution in [1.82, 2.24) is 9.97 Å². The van der Waals surface area contributed by atoms with Gasteiger partial charge in [-0.2, -0.15) is 4.98 Å². The summed E-state index contributed by atoms with van der Waals surface area (Å²) in [6, 6.07) is 11.7. The van der Waals surface area contributed by atoms with Crippen molar-refractivity contribution in [2.24, 2.45) is 0 Å². The number of hydrogen-bond acceptors (Lipinski definition) is 3. The van der Waals surface area contributed by atoms with Gasteiger partial charge in [-0.1, -0.05) is 29.8 Å². The number of thiophene rings is 1. The smallest absolute Gasteiger partial charge is 0.202 e. The van der Waals surface area contributed by atoms with Gasteiger partial charge in [0.1, 0.15) is 10.2 Å². The van der Waals surface area contributed by atoms with Crippen LogP contribution in [0.5, 0.6) is 0 Å². The summed E-state index contributed by atoms with van der Waals surface area (Å²) >= 11 is 14.0. The molecule has 21 heavy (non-hydrogen) atoms. The molecule has 0 bridgehead atoms. The Bertz CT molecular complexity index is 967. The molecule has 0 aliphatic carbocycles. The Hall–Kier alpha value is -1.75. The number of nitrogens with zero attached hydrogens (tertiary/aromatic N) is 3. The van der Waals surface area contributed by atoms with Crippen LogP contribution in [-0.2, 0) is 0 Å². The molecule has 0 saturated carbocycles. The lowest BCUT2D eigenvalue weighted by Gasteiger charge is -1.96. The summed E-state index contributed by atoms with van der Waals surface area (Å²) in [6.45, 7) is 0. The highest BCUT2D eigenvalue weighted by Crippen LogP contribution is 2.38. The summed E-state index contributed by atoms with van der Waals surface area (Å²) in [6.07, 6.45) is 3.87. The fourth-order valence-corrected chi connectivity index (χ4v) is 3.90. The van der Waals surface area contributed by atoms with E-state index >= 15 is 0 Å². The third-order valence-corrected chi connectivity index (χ3v) is 5.03. The van der Waals surface area contributed by atoms with Gasteiger partial charge in [-0.3, -0.25) is 0 Å². The normalized spacial score (nSPS) is 11.3. The summed E-state index contributed by atoms with van der Waals surface area (Å²) in [5, 5.41) is 1.95. The Kier molecular flexibility index (Phi) is 3.03. The van der Waals surface area contributed by atoms with Crippen LogP contribution in [0.1, 0.15) is 0 Å². The molecule has 3 heterocycles. The molecule has 0 fully saturated rings. The molecule has 4 rings (SSSR count). The van der Waals surface area contributed by atoms with Gasteiger partial charge in [0, 0.05) is 5.39 Å². The molecule has 0 amide bonds. The average molecular weight is 333 g/mol. The number of benzene rings is 1. The number of fused-ring (bicyclic) bond motifs is 3. The standard InChI is InChI=1S/C15H8Cl2N3S/c16-10-6-4-5-9-11-13(21-12(9)10)14(19-15(17)18-11)20-7-2-1-3-8-20/h1-8H/q+1. The molecule has 0 N–H and O–H groups in total. The van der Waals surface area contributed by atoms with Crippen molar-refractivity contribution >= 4 is 54.8 Å². The number of rotatable bonds is 1. The molecule has 0 aliphatic rings. The molecule has 0 aliphatic heterocycles. The summed E-state index contributed by atoms with van der Waals surface area (Å²) < 4.78 is 3.90. The van der Waals surface area contributed by atoms with Crippen LogP contribution >= 0.6 is 34.5 Å². The van der Waals surface area contributed by atoms with E-state index < -0.39 is 0 Å². The van der Waals surface area contributed by atoms with Crippen molar-refractivity contribution in [3.8, 4) is 5.82 Å². The van der Waals surface area contributed by atoms with Crippen molar-refractivity contribution in [1.29, 1.82) is 0 Å². The van der Waals surface area contributed by atoms with Gasteiger partial charge in [0.15, 0.2) is 0 Å². The molecule has 6 heteroatoms. The first-order valence-corrected chi connectivity index (χ1v) is 7.82. The molecule has 1 aromatic carbocycles. The second-order valence-electron chi connectivity index (χ2n) is 4.50. The highest BCUT2D eigenvalue weighted by Gasteiger charge is 2.22. The maximum atomic E-state index is 6.29. The lowest BCUT2D eigenvalue weighted by atomic mass is 10.2. The molecule has 4 aromatic rings. The lowest BCUT2D eigenvalue weighted by Crippen LogP contribution is -2.30. The maximum absolute atomic E-state index is 6.29. The van der Waals surface area contributed by atoms with Crippen LogP contribution in [0.2, 0.25) is 10.3 Å². The van der Waals surface area contributed by atoms with Crippen molar-refractivity contribution in [3.05, 3.63) is 59.1 Å². The van der Waals surface area contributed by atoms with Crippen LogP contribution in [0.25, 0.3) is 26.1 Å². The van der Waals surface area contributed by atoms with E-state index in [1.807, 2.05) is 53.4 Å². The number of halogens is 2. The SMILES string of the molecule is Clc1nc(-[n+]2ccccc2)c2sc3c(Cl)cccc3c2n1. The molecule has 0 unspecified atom stereocenters. The van der Waals surface area contributed by atoms with E-state index in [4.69, 9.17) is 23.2 Å². The molecule has 0 radical (unpaired) electrons. The summed E-state index contributed by atoms with van der Waals surface area (Å²) in [4.78, 5) is 8.76. The summed E-state index contributed by atoms with van der Waals surface area (Å²) in [5.74, 6) is 0.767. The number of pyridine rings is 1. The van der Waals surface area contributed by atoms with E-state index in [9.17, 15) is 0 Å². The fraction of sp³-hybridized carbons (Fsp3) is 0. The minimum atomic E-state index is 0.230. The van der Waals surface area contributed by atoms with Gasteiger partial charge in [0.05, 0.1) is 22.1 Å². The molecule has 3 aromatic heterocycles. The third kappa shape index (κ3) is 2.07. The van der Waals surface area contributed by atoms with Crippen molar-refractivity contribution in [2.45, 2.75) is 0 Å². The van der Waals surface area contributed by atoms with E-state index in [-0.39, 0.29) is 5.28 Å². The molecular weight excluding hydrogens is 325 g/mol. The quantitative estimate of drug-likeness (QED) is 0.381. The van der Waals surface area contributed by atoms with Crippen molar-refractivity contribution in [2.75, 3.05) is 0 Å². The van der Waals surface area contributed by atoms with Crippen molar-refractivity contribution in [3.63, 3.8) is 0 Å². The highest BCUT2D eigenvalue weighted by molar-refractivity contribution is 7.26. The highest BCUT2D eigenvalue weighted by atomic mass is 35.5. The second kappa shape index (κ2) is 4.91. The summed E-state index contributed by atoms with van der Waals surface area (Å²) in [5.41, 5.74) is 0.837. The van der Waals surface area contributed by atoms with Crippen LogP contribution < -0.4 is 4.57 Å². The van der Waals surface area contributed by atoms with E-state index in [1.54, 1.807) is 11.3 Å². The first kappa shape index (κ1) is 13.0. The minimum Gasteiger partial charge on any atom is -0.202 e. The monoisotopic (exact) mass is 332 g/mol. The Labute approximate surface area is 134 Å². The molecule has 0 atom stereocenters. The topological polar surface area (TPSA) is 29.7 Å². The number of hydrogen-bond donors (Lipinski definition) is 0. The van der Waals surface area contributed by atoms with Crippen LogP contribution in [0.15, 0.2) is 48.8 Å². The van der Waals surface area contributed by atoms with Gasteiger partial charge in [0.2, 0.25) is 0 Å². The Morgan fingerprint density at radius 3 is 2.52 bits per heavy atom. The van der Waals surface area contributed by atoms with Crippen LogP contribution in [0, 0.1) is 0 Å². The molecular formula is C15H8Cl2N3S+. The minimum absolute atomic E-state index is 0.230. The van der Waals surface area contributed by atoms with Gasteiger partial charge < -0.3 is 0 Å². The van der Waals surface area contributed by atoms with E-state index in [0.29, 0.717) is 0 Å².